The highest BCUT2D eigenvalue weighted by Crippen LogP contribution is 2.15. The molecule has 1 amide bonds. The van der Waals surface area contributed by atoms with Crippen molar-refractivity contribution in [2.75, 3.05) is 13.1 Å². The first-order valence-electron chi connectivity index (χ1n) is 6.97. The van der Waals surface area contributed by atoms with Gasteiger partial charge in [-0.2, -0.15) is 0 Å². The molecule has 1 heterocycles. The largest absolute Gasteiger partial charge is 0.445 e. The Morgan fingerprint density at radius 2 is 2.26 bits per heavy atom. The molecule has 1 unspecified atom stereocenters. The van der Waals surface area contributed by atoms with Crippen LogP contribution in [-0.4, -0.2) is 25.2 Å². The van der Waals surface area contributed by atoms with E-state index in [1.165, 1.54) is 0 Å². The minimum absolute atomic E-state index is 0.207. The van der Waals surface area contributed by atoms with E-state index in [0.29, 0.717) is 12.5 Å². The van der Waals surface area contributed by atoms with Crippen molar-refractivity contribution < 1.29 is 9.53 Å². The lowest BCUT2D eigenvalue weighted by Gasteiger charge is -2.22. The number of nitrogens with one attached hydrogen (secondary N) is 2. The molecule has 1 saturated heterocycles. The van der Waals surface area contributed by atoms with Crippen LogP contribution in [0.1, 0.15) is 25.3 Å². The third-order valence-corrected chi connectivity index (χ3v) is 3.62. The molecule has 4 nitrogen and oxygen atoms in total. The standard InChI is InChI=1S/C15H22N2O2/c1-2-14(13-8-9-16-10-13)17-15(18)19-11-12-6-4-3-5-7-12/h3-7,13-14,16H,2,8-11H2,1H3,(H,17,18)/t13-,14?/m0/s1. The van der Waals surface area contributed by atoms with Crippen molar-refractivity contribution in [1.29, 1.82) is 0 Å². The highest BCUT2D eigenvalue weighted by atomic mass is 16.5. The van der Waals surface area contributed by atoms with Gasteiger partial charge >= 0.3 is 6.09 Å². The van der Waals surface area contributed by atoms with E-state index >= 15 is 0 Å². The first-order valence-corrected chi connectivity index (χ1v) is 6.97. The quantitative estimate of drug-likeness (QED) is 0.856. The summed E-state index contributed by atoms with van der Waals surface area (Å²) >= 11 is 0. The zero-order valence-corrected chi connectivity index (χ0v) is 11.4. The minimum Gasteiger partial charge on any atom is -0.445 e. The Hall–Kier alpha value is -1.55. The fraction of sp³-hybridized carbons (Fsp3) is 0.533. The molecule has 1 fully saturated rings. The van der Waals surface area contributed by atoms with E-state index < -0.39 is 0 Å². The fourth-order valence-corrected chi connectivity index (χ4v) is 2.49. The average Bonchev–Trinajstić information content (AvgIpc) is 2.97. The fourth-order valence-electron chi connectivity index (χ4n) is 2.49. The molecule has 0 spiro atoms. The van der Waals surface area contributed by atoms with Crippen LogP contribution in [0.4, 0.5) is 4.79 Å². The van der Waals surface area contributed by atoms with Gasteiger partial charge in [0, 0.05) is 6.04 Å². The second-order valence-electron chi connectivity index (χ2n) is 4.97. The molecule has 104 valence electrons. The van der Waals surface area contributed by atoms with Gasteiger partial charge in [-0.15, -0.1) is 0 Å². The van der Waals surface area contributed by atoms with Crippen molar-refractivity contribution in [2.24, 2.45) is 5.92 Å². The number of ether oxygens (including phenoxy) is 1. The van der Waals surface area contributed by atoms with Gasteiger partial charge in [-0.25, -0.2) is 4.79 Å². The number of hydrogen-bond donors (Lipinski definition) is 2. The lowest BCUT2D eigenvalue weighted by molar-refractivity contribution is 0.131. The number of carbonyl (C=O) groups is 1. The van der Waals surface area contributed by atoms with Crippen LogP contribution in [0.15, 0.2) is 30.3 Å². The molecule has 1 aliphatic rings. The van der Waals surface area contributed by atoms with Gasteiger partial charge in [0.2, 0.25) is 0 Å². The smallest absolute Gasteiger partial charge is 0.407 e. The summed E-state index contributed by atoms with van der Waals surface area (Å²) < 4.78 is 5.25. The minimum atomic E-state index is -0.317. The Labute approximate surface area is 114 Å². The lowest BCUT2D eigenvalue weighted by Crippen LogP contribution is -2.40. The SMILES string of the molecule is CCC(NC(=O)OCc1ccccc1)[C@H]1CCNC1. The van der Waals surface area contributed by atoms with Gasteiger partial charge in [-0.05, 0) is 37.4 Å². The van der Waals surface area contributed by atoms with E-state index in [2.05, 4.69) is 17.6 Å². The van der Waals surface area contributed by atoms with Gasteiger partial charge in [0.05, 0.1) is 0 Å². The van der Waals surface area contributed by atoms with E-state index in [-0.39, 0.29) is 12.1 Å². The molecule has 1 aromatic carbocycles. The predicted molar refractivity (Wildman–Crippen MR) is 74.8 cm³/mol. The molecule has 2 atom stereocenters. The normalized spacial score (nSPS) is 19.9. The van der Waals surface area contributed by atoms with E-state index in [4.69, 9.17) is 4.74 Å². The van der Waals surface area contributed by atoms with Crippen LogP contribution in [0, 0.1) is 5.92 Å². The molecule has 0 aliphatic carbocycles. The van der Waals surface area contributed by atoms with E-state index in [9.17, 15) is 4.79 Å². The van der Waals surface area contributed by atoms with Crippen molar-refractivity contribution in [3.05, 3.63) is 35.9 Å². The molecular formula is C15H22N2O2. The van der Waals surface area contributed by atoms with Crippen molar-refractivity contribution in [3.8, 4) is 0 Å². The number of rotatable bonds is 5. The summed E-state index contributed by atoms with van der Waals surface area (Å²) in [4.78, 5) is 11.8. The number of alkyl carbamates (subject to hydrolysis) is 1. The first kappa shape index (κ1) is 13.9. The number of benzene rings is 1. The number of hydrogen-bond acceptors (Lipinski definition) is 3. The molecular weight excluding hydrogens is 240 g/mol. The van der Waals surface area contributed by atoms with Gasteiger partial charge in [0.25, 0.3) is 0 Å². The van der Waals surface area contributed by atoms with Gasteiger partial charge in [0.1, 0.15) is 6.61 Å². The summed E-state index contributed by atoms with van der Waals surface area (Å²) in [7, 11) is 0. The first-order chi connectivity index (χ1) is 9.29. The Balaban J connectivity index is 1.76. The summed E-state index contributed by atoms with van der Waals surface area (Å²) in [5, 5.41) is 6.30. The zero-order valence-electron chi connectivity index (χ0n) is 11.4. The van der Waals surface area contributed by atoms with Gasteiger partial charge in [-0.3, -0.25) is 0 Å². The third kappa shape index (κ3) is 4.24. The Bertz CT molecular complexity index is 388. The monoisotopic (exact) mass is 262 g/mol. The summed E-state index contributed by atoms with van der Waals surface area (Å²) in [5.41, 5.74) is 1.01. The second kappa shape index (κ2) is 7.14. The van der Waals surface area contributed by atoms with Crippen LogP contribution in [0.2, 0.25) is 0 Å². The molecule has 0 saturated carbocycles. The van der Waals surface area contributed by atoms with E-state index in [1.807, 2.05) is 30.3 Å². The van der Waals surface area contributed by atoms with Crippen LogP contribution in [-0.2, 0) is 11.3 Å². The van der Waals surface area contributed by atoms with Crippen molar-refractivity contribution in [2.45, 2.75) is 32.4 Å². The summed E-state index contributed by atoms with van der Waals surface area (Å²) in [6.07, 6.45) is 1.74. The van der Waals surface area contributed by atoms with Crippen LogP contribution in [0.25, 0.3) is 0 Å². The third-order valence-electron chi connectivity index (χ3n) is 3.62. The summed E-state index contributed by atoms with van der Waals surface area (Å²) in [6.45, 7) is 4.45. The Morgan fingerprint density at radius 1 is 1.47 bits per heavy atom. The number of carbonyl (C=O) groups excluding carboxylic acids is 1. The molecule has 19 heavy (non-hydrogen) atoms. The summed E-state index contributed by atoms with van der Waals surface area (Å²) in [6, 6.07) is 9.93. The van der Waals surface area contributed by atoms with Gasteiger partial charge < -0.3 is 15.4 Å². The molecule has 0 bridgehead atoms. The molecule has 0 aromatic heterocycles. The topological polar surface area (TPSA) is 50.4 Å². The lowest BCUT2D eigenvalue weighted by atomic mass is 9.97. The van der Waals surface area contributed by atoms with E-state index in [0.717, 1.165) is 31.5 Å². The Kier molecular flexibility index (Phi) is 5.21. The average molecular weight is 262 g/mol. The predicted octanol–water partition coefficient (Wildman–Crippen LogP) is 2.30. The molecule has 2 rings (SSSR count). The second-order valence-corrected chi connectivity index (χ2v) is 4.97. The molecule has 1 aliphatic heterocycles. The Morgan fingerprint density at radius 3 is 2.89 bits per heavy atom. The molecule has 4 heteroatoms. The molecule has 1 aromatic rings. The van der Waals surface area contributed by atoms with Gasteiger partial charge in [0.15, 0.2) is 0 Å². The summed E-state index contributed by atoms with van der Waals surface area (Å²) in [5.74, 6) is 0.522. The van der Waals surface area contributed by atoms with E-state index in [1.54, 1.807) is 0 Å². The van der Waals surface area contributed by atoms with Crippen molar-refractivity contribution in [1.82, 2.24) is 10.6 Å². The maximum atomic E-state index is 11.8. The van der Waals surface area contributed by atoms with Crippen LogP contribution in [0.5, 0.6) is 0 Å². The van der Waals surface area contributed by atoms with Gasteiger partial charge in [-0.1, -0.05) is 37.3 Å². The van der Waals surface area contributed by atoms with Crippen LogP contribution in [0.3, 0.4) is 0 Å². The van der Waals surface area contributed by atoms with Crippen LogP contribution < -0.4 is 10.6 Å². The maximum Gasteiger partial charge on any atom is 0.407 e. The number of amides is 1. The highest BCUT2D eigenvalue weighted by Gasteiger charge is 2.25. The maximum absolute atomic E-state index is 11.8. The molecule has 0 radical (unpaired) electrons. The van der Waals surface area contributed by atoms with Crippen molar-refractivity contribution in [3.63, 3.8) is 0 Å². The van der Waals surface area contributed by atoms with Crippen LogP contribution >= 0.6 is 0 Å². The highest BCUT2D eigenvalue weighted by molar-refractivity contribution is 5.67. The zero-order chi connectivity index (χ0) is 13.5. The van der Waals surface area contributed by atoms with Crippen molar-refractivity contribution >= 4 is 6.09 Å². The molecule has 2 N–H and O–H groups in total.